The zero-order valence-electron chi connectivity index (χ0n) is 25.9. The topological polar surface area (TPSA) is 80.3 Å². The van der Waals surface area contributed by atoms with Gasteiger partial charge in [0.15, 0.2) is 25.0 Å². The number of methoxy groups -OCH3 is 1. The highest BCUT2D eigenvalue weighted by atomic mass is 28.4. The van der Waals surface area contributed by atoms with E-state index in [1.165, 1.54) is 12.7 Å². The van der Waals surface area contributed by atoms with Crippen molar-refractivity contribution in [2.24, 2.45) is 34.5 Å². The molecule has 1 spiro atoms. The van der Waals surface area contributed by atoms with Crippen LogP contribution >= 0.6 is 0 Å². The Morgan fingerprint density at radius 1 is 0.923 bits per heavy atom. The Hall–Kier alpha value is -0.789. The summed E-state index contributed by atoms with van der Waals surface area (Å²) >= 11 is 0. The molecule has 1 heterocycles. The molecule has 4 bridgehead atoms. The molecule has 10 heteroatoms. The fourth-order valence-corrected chi connectivity index (χ4v) is 12.9. The summed E-state index contributed by atoms with van der Waals surface area (Å²) in [5, 5.41) is 0. The lowest BCUT2D eigenvalue weighted by atomic mass is 9.58. The lowest BCUT2D eigenvalue weighted by Crippen LogP contribution is -2.63. The molecule has 39 heavy (non-hydrogen) atoms. The third kappa shape index (κ3) is 4.42. The number of hydrogen-bond acceptors (Lipinski definition) is 7. The maximum Gasteiger partial charge on any atom is 0.315 e. The summed E-state index contributed by atoms with van der Waals surface area (Å²) in [6.45, 7) is 26.2. The Bertz CT molecular complexity index is 1070. The zero-order valence-corrected chi connectivity index (χ0v) is 28.9. The van der Waals surface area contributed by atoms with Crippen LogP contribution in [0.1, 0.15) is 32.6 Å². The Kier molecular flexibility index (Phi) is 6.75. The van der Waals surface area contributed by atoms with Gasteiger partial charge in [-0.15, -0.1) is 0 Å². The van der Waals surface area contributed by atoms with E-state index in [4.69, 9.17) is 22.8 Å². The third-order valence-electron chi connectivity index (χ3n) is 10.1. The van der Waals surface area contributed by atoms with E-state index in [1.54, 1.807) is 0 Å². The van der Waals surface area contributed by atoms with Crippen molar-refractivity contribution in [1.29, 1.82) is 0 Å². The standard InChI is InChI=1S/C29H50O7Si3/c1-17-14-28-15-18(17)19(34-37(4,5)6)13-21(28)29-16-20(35-38(7,8)9)24(36-39(10,11)12)27(2,26(31)33-29)23(29)22(28)25(30)32-3/h18-24H,1,13-16H2,2-12H3/t18-,19-,20+,21?,22?,23?,24+,27?,28+,29-/m1/s1. The molecular weight excluding hydrogens is 545 g/mol. The monoisotopic (exact) mass is 594 g/mol. The van der Waals surface area contributed by atoms with E-state index in [1.807, 2.05) is 6.92 Å². The minimum atomic E-state index is -2.11. The van der Waals surface area contributed by atoms with E-state index >= 15 is 0 Å². The van der Waals surface area contributed by atoms with Crippen molar-refractivity contribution in [2.75, 3.05) is 7.11 Å². The summed E-state index contributed by atoms with van der Waals surface area (Å²) in [4.78, 5) is 28.1. The van der Waals surface area contributed by atoms with Gasteiger partial charge >= 0.3 is 11.9 Å². The minimum absolute atomic E-state index is 0.0223. The van der Waals surface area contributed by atoms with Crippen LogP contribution in [0.5, 0.6) is 0 Å². The van der Waals surface area contributed by atoms with E-state index in [2.05, 4.69) is 65.5 Å². The average molecular weight is 595 g/mol. The Morgan fingerprint density at radius 3 is 2.03 bits per heavy atom. The highest BCUT2D eigenvalue weighted by Gasteiger charge is 2.85. The number of rotatable bonds is 7. The SMILES string of the molecule is C=C1C[C@]23C[C@H]1[C@H](O[Si](C)(C)C)CC2[C@@]12C[C@H](O[Si](C)(C)C)[C@H](O[Si](C)(C)C)C(C)(C(=O)O1)C2C3C(=O)OC. The van der Waals surface area contributed by atoms with Crippen molar-refractivity contribution >= 4 is 36.9 Å². The molecular formula is C29H50O7Si3. The van der Waals surface area contributed by atoms with Crippen molar-refractivity contribution in [2.45, 2.75) is 115 Å². The maximum atomic E-state index is 14.2. The lowest BCUT2D eigenvalue weighted by molar-refractivity contribution is -0.165. The molecule has 0 radical (unpaired) electrons. The van der Waals surface area contributed by atoms with Gasteiger partial charge in [0.2, 0.25) is 0 Å². The molecule has 0 amide bonds. The maximum absolute atomic E-state index is 14.2. The van der Waals surface area contributed by atoms with Crippen molar-refractivity contribution in [3.63, 3.8) is 0 Å². The molecule has 0 N–H and O–H groups in total. The van der Waals surface area contributed by atoms with Gasteiger partial charge in [0, 0.05) is 24.2 Å². The summed E-state index contributed by atoms with van der Waals surface area (Å²) in [5.74, 6) is -1.09. The number of fused-ring (bicyclic) bond motifs is 1. The second-order valence-electron chi connectivity index (χ2n) is 16.2. The van der Waals surface area contributed by atoms with Gasteiger partial charge in [-0.05, 0) is 90.5 Å². The molecule has 4 saturated carbocycles. The largest absolute Gasteiger partial charge is 0.469 e. The van der Waals surface area contributed by atoms with Crippen LogP contribution in [0.15, 0.2) is 12.2 Å². The van der Waals surface area contributed by atoms with Crippen molar-refractivity contribution < 1.29 is 32.3 Å². The number of ether oxygens (including phenoxy) is 2. The van der Waals surface area contributed by atoms with Crippen molar-refractivity contribution in [3.8, 4) is 0 Å². The molecule has 0 aromatic rings. The predicted molar refractivity (Wildman–Crippen MR) is 158 cm³/mol. The Labute approximate surface area is 238 Å². The molecule has 0 aromatic heterocycles. The number of esters is 2. The summed E-state index contributed by atoms with van der Waals surface area (Å²) < 4.78 is 32.8. The van der Waals surface area contributed by atoms with E-state index in [0.717, 1.165) is 19.3 Å². The van der Waals surface area contributed by atoms with Crippen LogP contribution in [0.2, 0.25) is 58.9 Å². The summed E-state index contributed by atoms with van der Waals surface area (Å²) in [6, 6.07) is 0. The average Bonchev–Trinajstić information content (AvgIpc) is 3.23. The number of carbonyl (C=O) groups excluding carboxylic acids is 2. The first-order chi connectivity index (χ1) is 17.7. The van der Waals surface area contributed by atoms with E-state index in [9.17, 15) is 9.59 Å². The van der Waals surface area contributed by atoms with Crippen LogP contribution in [0, 0.1) is 34.5 Å². The Morgan fingerprint density at radius 2 is 1.49 bits per heavy atom. The summed E-state index contributed by atoms with van der Waals surface area (Å²) in [6.07, 6.45) is 2.17. The van der Waals surface area contributed by atoms with Gasteiger partial charge in [0.1, 0.15) is 5.60 Å². The molecule has 5 rings (SSSR count). The van der Waals surface area contributed by atoms with Gasteiger partial charge in [-0.25, -0.2) is 0 Å². The fourth-order valence-electron chi connectivity index (χ4n) is 9.47. The van der Waals surface area contributed by atoms with Gasteiger partial charge in [-0.2, -0.15) is 0 Å². The molecule has 10 atom stereocenters. The van der Waals surface area contributed by atoms with E-state index in [-0.39, 0.29) is 47.3 Å². The third-order valence-corrected chi connectivity index (χ3v) is 13.1. The smallest absolute Gasteiger partial charge is 0.315 e. The molecule has 1 aliphatic heterocycles. The molecule has 7 nitrogen and oxygen atoms in total. The van der Waals surface area contributed by atoms with E-state index < -0.39 is 48.0 Å². The van der Waals surface area contributed by atoms with Crippen LogP contribution in [0.25, 0.3) is 0 Å². The second-order valence-corrected chi connectivity index (χ2v) is 29.5. The van der Waals surface area contributed by atoms with Gasteiger partial charge in [-0.3, -0.25) is 9.59 Å². The Balaban J connectivity index is 1.70. The van der Waals surface area contributed by atoms with Crippen molar-refractivity contribution in [1.82, 2.24) is 0 Å². The highest BCUT2D eigenvalue weighted by molar-refractivity contribution is 6.70. The van der Waals surface area contributed by atoms with Crippen LogP contribution in [-0.4, -0.2) is 67.9 Å². The van der Waals surface area contributed by atoms with Gasteiger partial charge in [0.05, 0.1) is 36.8 Å². The van der Waals surface area contributed by atoms with Crippen LogP contribution in [0.4, 0.5) is 0 Å². The van der Waals surface area contributed by atoms with Crippen LogP contribution < -0.4 is 0 Å². The highest BCUT2D eigenvalue weighted by Crippen LogP contribution is 2.78. The molecule has 4 unspecified atom stereocenters. The van der Waals surface area contributed by atoms with Crippen molar-refractivity contribution in [3.05, 3.63) is 12.2 Å². The molecule has 0 aromatic carbocycles. The van der Waals surface area contributed by atoms with Gasteiger partial charge < -0.3 is 22.8 Å². The predicted octanol–water partition coefficient (Wildman–Crippen LogP) is 5.74. The van der Waals surface area contributed by atoms with E-state index in [0.29, 0.717) is 6.42 Å². The first-order valence-electron chi connectivity index (χ1n) is 14.7. The number of hydrogen-bond donors (Lipinski definition) is 0. The molecule has 1 saturated heterocycles. The minimum Gasteiger partial charge on any atom is -0.469 e. The zero-order chi connectivity index (χ0) is 29.1. The summed E-state index contributed by atoms with van der Waals surface area (Å²) in [5.41, 5.74) is -1.02. The van der Waals surface area contributed by atoms with Gasteiger partial charge in [-0.1, -0.05) is 12.2 Å². The second kappa shape index (κ2) is 8.86. The normalized spacial score (nSPS) is 45.2. The van der Waals surface area contributed by atoms with Gasteiger partial charge in [0.25, 0.3) is 0 Å². The first kappa shape index (κ1) is 29.7. The number of carbonyl (C=O) groups is 2. The molecule has 5 aliphatic rings. The lowest BCUT2D eigenvalue weighted by Gasteiger charge is -2.52. The van der Waals surface area contributed by atoms with Crippen LogP contribution in [0.3, 0.4) is 0 Å². The summed E-state index contributed by atoms with van der Waals surface area (Å²) in [7, 11) is -4.51. The fraction of sp³-hybridized carbons (Fsp3) is 0.862. The molecule has 220 valence electrons. The quantitative estimate of drug-likeness (QED) is 0.211. The first-order valence-corrected chi connectivity index (χ1v) is 24.9. The molecule has 5 fully saturated rings. The molecule has 4 aliphatic carbocycles. The van der Waals surface area contributed by atoms with Crippen LogP contribution in [-0.2, 0) is 32.3 Å².